The number of hydrogen-bond acceptors (Lipinski definition) is 4. The Bertz CT molecular complexity index is 431. The second kappa shape index (κ2) is 11.4. The normalized spacial score (nSPS) is 18.3. The number of thioether (sulfide) groups is 1. The van der Waals surface area contributed by atoms with Crippen molar-refractivity contribution in [2.45, 2.75) is 37.9 Å². The van der Waals surface area contributed by atoms with Gasteiger partial charge in [-0.2, -0.15) is 11.8 Å². The summed E-state index contributed by atoms with van der Waals surface area (Å²) in [6, 6.07) is 3.93. The highest BCUT2D eigenvalue weighted by Crippen LogP contribution is 2.25. The lowest BCUT2D eigenvalue weighted by molar-refractivity contribution is 0.145. The fraction of sp³-hybridized carbons (Fsp3) is 0.706. The minimum atomic E-state index is 0.682. The van der Waals surface area contributed by atoms with Crippen molar-refractivity contribution in [1.29, 1.82) is 0 Å². The SMILES string of the molecule is CCOCCCNC(=NCC1CCCS1)NCCc1ccco1. The van der Waals surface area contributed by atoms with Crippen LogP contribution >= 0.6 is 11.8 Å². The zero-order valence-corrected chi connectivity index (χ0v) is 14.9. The minimum absolute atomic E-state index is 0.682. The van der Waals surface area contributed by atoms with Gasteiger partial charge in [0.05, 0.1) is 12.8 Å². The van der Waals surface area contributed by atoms with Crippen LogP contribution in [0, 0.1) is 0 Å². The average Bonchev–Trinajstić information content (AvgIpc) is 3.25. The van der Waals surface area contributed by atoms with Crippen LogP contribution in [0.25, 0.3) is 0 Å². The number of ether oxygens (including phenoxy) is 1. The highest BCUT2D eigenvalue weighted by molar-refractivity contribution is 8.00. The molecule has 2 rings (SSSR count). The molecular formula is C17H29N3O2S. The van der Waals surface area contributed by atoms with E-state index in [4.69, 9.17) is 14.1 Å². The molecule has 2 N–H and O–H groups in total. The number of furan rings is 1. The van der Waals surface area contributed by atoms with E-state index in [1.807, 2.05) is 30.8 Å². The molecular weight excluding hydrogens is 310 g/mol. The number of nitrogens with zero attached hydrogens (tertiary/aromatic N) is 1. The van der Waals surface area contributed by atoms with E-state index < -0.39 is 0 Å². The van der Waals surface area contributed by atoms with Gasteiger partial charge in [0.1, 0.15) is 5.76 Å². The highest BCUT2D eigenvalue weighted by atomic mass is 32.2. The molecule has 1 aromatic rings. The summed E-state index contributed by atoms with van der Waals surface area (Å²) >= 11 is 2.04. The molecule has 1 aliphatic rings. The van der Waals surface area contributed by atoms with Crippen LogP contribution in [0.5, 0.6) is 0 Å². The molecule has 1 aliphatic heterocycles. The van der Waals surface area contributed by atoms with Crippen LogP contribution in [0.15, 0.2) is 27.8 Å². The van der Waals surface area contributed by atoms with Crippen LogP contribution in [0.3, 0.4) is 0 Å². The van der Waals surface area contributed by atoms with Crippen molar-refractivity contribution in [3.05, 3.63) is 24.2 Å². The van der Waals surface area contributed by atoms with Gasteiger partial charge in [0.2, 0.25) is 0 Å². The van der Waals surface area contributed by atoms with Crippen LogP contribution in [0.1, 0.15) is 31.9 Å². The summed E-state index contributed by atoms with van der Waals surface area (Å²) in [5.74, 6) is 3.18. The van der Waals surface area contributed by atoms with E-state index in [1.54, 1.807) is 6.26 Å². The van der Waals surface area contributed by atoms with Gasteiger partial charge in [-0.25, -0.2) is 0 Å². The minimum Gasteiger partial charge on any atom is -0.469 e. The van der Waals surface area contributed by atoms with Crippen molar-refractivity contribution in [3.63, 3.8) is 0 Å². The summed E-state index contributed by atoms with van der Waals surface area (Å²) in [6.45, 7) is 6.19. The molecule has 0 amide bonds. The van der Waals surface area contributed by atoms with Gasteiger partial charge in [0, 0.05) is 38.0 Å². The van der Waals surface area contributed by atoms with Gasteiger partial charge in [-0.15, -0.1) is 0 Å². The number of rotatable bonds is 10. The van der Waals surface area contributed by atoms with Gasteiger partial charge in [-0.1, -0.05) is 0 Å². The van der Waals surface area contributed by atoms with Gasteiger partial charge in [0.25, 0.3) is 0 Å². The van der Waals surface area contributed by atoms with Crippen molar-refractivity contribution < 1.29 is 9.15 Å². The van der Waals surface area contributed by atoms with Gasteiger partial charge < -0.3 is 19.8 Å². The Morgan fingerprint density at radius 2 is 2.35 bits per heavy atom. The third-order valence-corrected chi connectivity index (χ3v) is 5.06. The molecule has 1 saturated heterocycles. The van der Waals surface area contributed by atoms with Crippen molar-refractivity contribution in [2.24, 2.45) is 4.99 Å². The Balaban J connectivity index is 1.71. The molecule has 1 unspecified atom stereocenters. The molecule has 1 fully saturated rings. The first kappa shape index (κ1) is 18.2. The fourth-order valence-electron chi connectivity index (χ4n) is 2.44. The Kier molecular flexibility index (Phi) is 9.03. The lowest BCUT2D eigenvalue weighted by atomic mass is 10.2. The number of guanidine groups is 1. The Morgan fingerprint density at radius 3 is 3.09 bits per heavy atom. The van der Waals surface area contributed by atoms with Crippen molar-refractivity contribution >= 4 is 17.7 Å². The van der Waals surface area contributed by atoms with Crippen LogP contribution in [0.4, 0.5) is 0 Å². The number of hydrogen-bond donors (Lipinski definition) is 2. The Hall–Kier alpha value is -1.14. The molecule has 1 atom stereocenters. The van der Waals surface area contributed by atoms with E-state index in [2.05, 4.69) is 10.6 Å². The zero-order valence-electron chi connectivity index (χ0n) is 14.1. The van der Waals surface area contributed by atoms with Gasteiger partial charge in [0.15, 0.2) is 5.96 Å². The van der Waals surface area contributed by atoms with E-state index in [1.165, 1.54) is 18.6 Å². The smallest absolute Gasteiger partial charge is 0.191 e. The van der Waals surface area contributed by atoms with Crippen LogP contribution in [-0.2, 0) is 11.2 Å². The number of aliphatic imine (C=N–C) groups is 1. The second-order valence-electron chi connectivity index (χ2n) is 5.56. The summed E-state index contributed by atoms with van der Waals surface area (Å²) in [5, 5.41) is 7.49. The van der Waals surface area contributed by atoms with E-state index in [0.29, 0.717) is 5.25 Å². The summed E-state index contributed by atoms with van der Waals surface area (Å²) in [5.41, 5.74) is 0. The van der Waals surface area contributed by atoms with Gasteiger partial charge >= 0.3 is 0 Å². The van der Waals surface area contributed by atoms with E-state index in [-0.39, 0.29) is 0 Å². The Labute approximate surface area is 143 Å². The maximum absolute atomic E-state index is 5.37. The lowest BCUT2D eigenvalue weighted by Crippen LogP contribution is -2.39. The molecule has 0 bridgehead atoms. The zero-order chi connectivity index (χ0) is 16.2. The molecule has 6 heteroatoms. The maximum atomic E-state index is 5.37. The third-order valence-electron chi connectivity index (χ3n) is 3.68. The quantitative estimate of drug-likeness (QED) is 0.390. The first-order chi connectivity index (χ1) is 11.4. The molecule has 0 aromatic carbocycles. The summed E-state index contributed by atoms with van der Waals surface area (Å²) < 4.78 is 10.7. The summed E-state index contributed by atoms with van der Waals surface area (Å²) in [7, 11) is 0. The number of nitrogens with one attached hydrogen (secondary N) is 2. The van der Waals surface area contributed by atoms with Crippen LogP contribution in [0.2, 0.25) is 0 Å². The second-order valence-corrected chi connectivity index (χ2v) is 6.97. The molecule has 1 aromatic heterocycles. The molecule has 5 nitrogen and oxygen atoms in total. The highest BCUT2D eigenvalue weighted by Gasteiger charge is 2.15. The van der Waals surface area contributed by atoms with Crippen molar-refractivity contribution in [3.8, 4) is 0 Å². The van der Waals surface area contributed by atoms with E-state index >= 15 is 0 Å². The van der Waals surface area contributed by atoms with E-state index in [9.17, 15) is 0 Å². The van der Waals surface area contributed by atoms with E-state index in [0.717, 1.165) is 57.4 Å². The van der Waals surface area contributed by atoms with Crippen LogP contribution < -0.4 is 10.6 Å². The molecule has 0 aliphatic carbocycles. The van der Waals surface area contributed by atoms with Crippen LogP contribution in [-0.4, -0.2) is 49.8 Å². The van der Waals surface area contributed by atoms with Gasteiger partial charge in [-0.05, 0) is 44.1 Å². The summed E-state index contributed by atoms with van der Waals surface area (Å²) in [6.07, 6.45) is 6.19. The largest absolute Gasteiger partial charge is 0.469 e. The predicted molar refractivity (Wildman–Crippen MR) is 97.3 cm³/mol. The third kappa shape index (κ3) is 7.79. The predicted octanol–water partition coefficient (Wildman–Crippen LogP) is 2.68. The van der Waals surface area contributed by atoms with Crippen molar-refractivity contribution in [2.75, 3.05) is 38.6 Å². The molecule has 0 saturated carbocycles. The molecule has 23 heavy (non-hydrogen) atoms. The first-order valence-corrected chi connectivity index (χ1v) is 9.67. The standard InChI is InChI=1S/C17H29N3O2S/c1-2-21-11-5-9-18-17(20-14-16-7-4-13-23-16)19-10-8-15-6-3-12-22-15/h3,6,12,16H,2,4-5,7-11,13-14H2,1H3,(H2,18,19,20). The average molecular weight is 340 g/mol. The Morgan fingerprint density at radius 1 is 1.43 bits per heavy atom. The topological polar surface area (TPSA) is 58.8 Å². The summed E-state index contributed by atoms with van der Waals surface area (Å²) in [4.78, 5) is 4.74. The first-order valence-electron chi connectivity index (χ1n) is 8.62. The molecule has 0 spiro atoms. The fourth-order valence-corrected chi connectivity index (χ4v) is 3.62. The monoisotopic (exact) mass is 339 g/mol. The molecule has 130 valence electrons. The van der Waals surface area contributed by atoms with Crippen molar-refractivity contribution in [1.82, 2.24) is 10.6 Å². The van der Waals surface area contributed by atoms with Gasteiger partial charge in [-0.3, -0.25) is 4.99 Å². The maximum Gasteiger partial charge on any atom is 0.191 e. The molecule has 0 radical (unpaired) electrons. The lowest BCUT2D eigenvalue weighted by Gasteiger charge is -2.13. The molecule has 2 heterocycles.